The van der Waals surface area contributed by atoms with E-state index in [2.05, 4.69) is 40.6 Å². The van der Waals surface area contributed by atoms with Crippen LogP contribution in [0.4, 0.5) is 5.13 Å². The Bertz CT molecular complexity index is 805. The Kier molecular flexibility index (Phi) is 4.20. The summed E-state index contributed by atoms with van der Waals surface area (Å²) in [4.78, 5) is 12.2. The molecule has 1 amide bonds. The molecular weight excluding hydrogens is 296 g/mol. The van der Waals surface area contributed by atoms with Crippen LogP contribution < -0.4 is 5.32 Å². The van der Waals surface area contributed by atoms with Crippen molar-refractivity contribution in [3.63, 3.8) is 0 Å². The van der Waals surface area contributed by atoms with Crippen molar-refractivity contribution in [2.24, 2.45) is 0 Å². The van der Waals surface area contributed by atoms with Crippen molar-refractivity contribution >= 4 is 33.3 Å². The number of anilines is 1. The van der Waals surface area contributed by atoms with Crippen LogP contribution in [-0.4, -0.2) is 20.7 Å². The lowest BCUT2D eigenvalue weighted by Gasteiger charge is -2.05. The highest BCUT2D eigenvalue weighted by Crippen LogP contribution is 2.19. The highest BCUT2D eigenvalue weighted by molar-refractivity contribution is 7.15. The Morgan fingerprint density at radius 2 is 2.09 bits per heavy atom. The smallest absolute Gasteiger partial charge is 0.246 e. The summed E-state index contributed by atoms with van der Waals surface area (Å²) in [7, 11) is 0. The number of aryl methyl sites for hydroxylation is 2. The van der Waals surface area contributed by atoms with Crippen LogP contribution in [0.1, 0.15) is 24.4 Å². The Balaban J connectivity index is 1.73. The van der Waals surface area contributed by atoms with E-state index in [1.165, 1.54) is 16.9 Å². The molecule has 1 N–H and O–H groups in total. The molecule has 0 saturated carbocycles. The van der Waals surface area contributed by atoms with E-state index in [1.54, 1.807) is 0 Å². The van der Waals surface area contributed by atoms with Crippen molar-refractivity contribution < 1.29 is 4.79 Å². The third-order valence-electron chi connectivity index (χ3n) is 3.57. The second-order valence-electron chi connectivity index (χ2n) is 5.09. The summed E-state index contributed by atoms with van der Waals surface area (Å²) in [6.07, 6.45) is 3.79. The summed E-state index contributed by atoms with van der Waals surface area (Å²) in [5.41, 5.74) is 2.37. The fraction of sp³-hybridized carbons (Fsp3) is 0.312. The van der Waals surface area contributed by atoms with Crippen LogP contribution >= 0.6 is 11.3 Å². The topological polar surface area (TPSA) is 59.8 Å². The zero-order valence-electron chi connectivity index (χ0n) is 12.7. The number of carbonyl (C=O) groups excluding carboxylic acids is 1. The van der Waals surface area contributed by atoms with Gasteiger partial charge in [-0.3, -0.25) is 10.1 Å². The molecule has 0 aliphatic rings. The highest BCUT2D eigenvalue weighted by Gasteiger charge is 2.10. The number of hydrogen-bond donors (Lipinski definition) is 1. The molecule has 3 aromatic rings. The summed E-state index contributed by atoms with van der Waals surface area (Å²) in [5, 5.41) is 13.4. The number of rotatable bonds is 5. The lowest BCUT2D eigenvalue weighted by molar-refractivity contribution is -0.116. The van der Waals surface area contributed by atoms with E-state index >= 15 is 0 Å². The van der Waals surface area contributed by atoms with Gasteiger partial charge in [0.2, 0.25) is 11.0 Å². The lowest BCUT2D eigenvalue weighted by atomic mass is 10.1. The molecule has 114 valence electrons. The van der Waals surface area contributed by atoms with Crippen LogP contribution in [0.15, 0.2) is 30.5 Å². The summed E-state index contributed by atoms with van der Waals surface area (Å²) in [6.45, 7) is 4.43. The van der Waals surface area contributed by atoms with E-state index in [0.717, 1.165) is 28.8 Å². The van der Waals surface area contributed by atoms with Crippen LogP contribution in [0, 0.1) is 0 Å². The number of hydrogen-bond acceptors (Lipinski definition) is 4. The number of carbonyl (C=O) groups is 1. The molecule has 0 spiro atoms. The number of aromatic nitrogens is 3. The summed E-state index contributed by atoms with van der Waals surface area (Å²) < 4.78 is 1.95. The maximum Gasteiger partial charge on any atom is 0.246 e. The average molecular weight is 314 g/mol. The molecule has 3 rings (SSSR count). The maximum absolute atomic E-state index is 12.2. The van der Waals surface area contributed by atoms with Gasteiger partial charge in [-0.1, -0.05) is 31.3 Å². The van der Waals surface area contributed by atoms with Gasteiger partial charge in [-0.2, -0.15) is 0 Å². The molecule has 2 aromatic heterocycles. The molecule has 0 unspecified atom stereocenters. The number of amides is 1. The first-order valence-electron chi connectivity index (χ1n) is 7.39. The molecule has 2 heterocycles. The fourth-order valence-electron chi connectivity index (χ4n) is 2.37. The number of fused-ring (bicyclic) bond motifs is 1. The minimum Gasteiger partial charge on any atom is -0.338 e. The molecule has 22 heavy (non-hydrogen) atoms. The van der Waals surface area contributed by atoms with Gasteiger partial charge in [0.1, 0.15) is 11.6 Å². The predicted molar refractivity (Wildman–Crippen MR) is 89.2 cm³/mol. The van der Waals surface area contributed by atoms with E-state index in [0.29, 0.717) is 5.13 Å². The Morgan fingerprint density at radius 3 is 2.82 bits per heavy atom. The van der Waals surface area contributed by atoms with Gasteiger partial charge in [-0.25, -0.2) is 0 Å². The highest BCUT2D eigenvalue weighted by atomic mass is 32.1. The fourth-order valence-corrected chi connectivity index (χ4v) is 3.06. The number of nitrogens with zero attached hydrogens (tertiary/aromatic N) is 3. The van der Waals surface area contributed by atoms with Gasteiger partial charge < -0.3 is 4.57 Å². The maximum atomic E-state index is 12.2. The number of benzene rings is 1. The third kappa shape index (κ3) is 3.01. The van der Waals surface area contributed by atoms with Gasteiger partial charge in [0.05, 0.1) is 0 Å². The van der Waals surface area contributed by atoms with Crippen molar-refractivity contribution in [2.75, 3.05) is 5.32 Å². The molecule has 0 aliphatic carbocycles. The minimum atomic E-state index is -0.0872. The first kappa shape index (κ1) is 14.7. The van der Waals surface area contributed by atoms with Gasteiger partial charge in [0.15, 0.2) is 0 Å². The molecular formula is C16H18N4OS. The largest absolute Gasteiger partial charge is 0.338 e. The molecule has 0 atom stereocenters. The van der Waals surface area contributed by atoms with Crippen LogP contribution in [0.3, 0.4) is 0 Å². The standard InChI is InChI=1S/C16H18N4OS/c1-3-11-5-6-13-12(9-11)7-8-20(13)10-14(21)17-16-19-18-15(4-2)22-16/h5-9H,3-4,10H2,1-2H3,(H,17,19,21). The minimum absolute atomic E-state index is 0.0872. The van der Waals surface area contributed by atoms with Crippen LogP contribution in [0.25, 0.3) is 10.9 Å². The quantitative estimate of drug-likeness (QED) is 0.786. The second-order valence-corrected chi connectivity index (χ2v) is 6.16. The molecule has 0 bridgehead atoms. The van der Waals surface area contributed by atoms with Gasteiger partial charge in [-0.15, -0.1) is 10.2 Å². The molecule has 0 saturated heterocycles. The van der Waals surface area contributed by atoms with E-state index in [4.69, 9.17) is 0 Å². The Morgan fingerprint density at radius 1 is 1.23 bits per heavy atom. The zero-order chi connectivity index (χ0) is 15.5. The SMILES string of the molecule is CCc1ccc2c(ccn2CC(=O)Nc2nnc(CC)s2)c1. The Labute approximate surface area is 133 Å². The van der Waals surface area contributed by atoms with Gasteiger partial charge in [-0.05, 0) is 42.0 Å². The van der Waals surface area contributed by atoms with E-state index in [1.807, 2.05) is 23.8 Å². The van der Waals surface area contributed by atoms with Gasteiger partial charge in [0.25, 0.3) is 0 Å². The summed E-state index contributed by atoms with van der Waals surface area (Å²) in [6, 6.07) is 8.39. The lowest BCUT2D eigenvalue weighted by Crippen LogP contribution is -2.18. The molecule has 0 radical (unpaired) electrons. The first-order valence-corrected chi connectivity index (χ1v) is 8.21. The summed E-state index contributed by atoms with van der Waals surface area (Å²) in [5.74, 6) is -0.0872. The van der Waals surface area contributed by atoms with Crippen molar-refractivity contribution in [2.45, 2.75) is 33.2 Å². The Hall–Kier alpha value is -2.21. The van der Waals surface area contributed by atoms with Crippen molar-refractivity contribution in [3.05, 3.63) is 41.0 Å². The summed E-state index contributed by atoms with van der Waals surface area (Å²) >= 11 is 1.42. The van der Waals surface area contributed by atoms with E-state index in [-0.39, 0.29) is 12.5 Å². The normalized spacial score (nSPS) is 11.0. The molecule has 5 nitrogen and oxygen atoms in total. The second kappa shape index (κ2) is 6.27. The number of nitrogens with one attached hydrogen (secondary N) is 1. The molecule has 0 fully saturated rings. The van der Waals surface area contributed by atoms with Crippen molar-refractivity contribution in [3.8, 4) is 0 Å². The molecule has 1 aromatic carbocycles. The van der Waals surface area contributed by atoms with Crippen LogP contribution in [0.2, 0.25) is 0 Å². The van der Waals surface area contributed by atoms with E-state index < -0.39 is 0 Å². The van der Waals surface area contributed by atoms with Crippen LogP contribution in [-0.2, 0) is 24.2 Å². The monoisotopic (exact) mass is 314 g/mol. The average Bonchev–Trinajstić information content (AvgIpc) is 3.14. The van der Waals surface area contributed by atoms with Gasteiger partial charge >= 0.3 is 0 Å². The first-order chi connectivity index (χ1) is 10.7. The van der Waals surface area contributed by atoms with Gasteiger partial charge in [0, 0.05) is 11.7 Å². The predicted octanol–water partition coefficient (Wildman–Crippen LogP) is 3.26. The third-order valence-corrected chi connectivity index (χ3v) is 4.56. The van der Waals surface area contributed by atoms with Crippen LogP contribution in [0.5, 0.6) is 0 Å². The zero-order valence-corrected chi connectivity index (χ0v) is 13.5. The van der Waals surface area contributed by atoms with Crippen molar-refractivity contribution in [1.29, 1.82) is 0 Å². The molecule has 0 aliphatic heterocycles. The van der Waals surface area contributed by atoms with E-state index in [9.17, 15) is 4.79 Å². The van der Waals surface area contributed by atoms with Crippen molar-refractivity contribution in [1.82, 2.24) is 14.8 Å². The molecule has 6 heteroatoms.